The van der Waals surface area contributed by atoms with Gasteiger partial charge in [0.15, 0.2) is 11.6 Å². The Balaban J connectivity index is 2.44. The van der Waals surface area contributed by atoms with Gasteiger partial charge >= 0.3 is 0 Å². The number of rotatable bonds is 0. The Hall–Kier alpha value is -1.36. The van der Waals surface area contributed by atoms with Crippen LogP contribution in [0.25, 0.3) is 0 Å². The monoisotopic (exact) mass is 155 g/mol. The molecular weight excluding hydrogens is 146 g/mol. The zero-order valence-electron chi connectivity index (χ0n) is 6.07. The first kappa shape index (κ1) is 6.36. The predicted molar refractivity (Wildman–Crippen MR) is 40.1 cm³/mol. The largest absolute Gasteiger partial charge is 0.452 e. The third-order valence-electron chi connectivity index (χ3n) is 1.65. The molecule has 0 amide bonds. The van der Waals surface area contributed by atoms with E-state index in [1.807, 2.05) is 0 Å². The van der Waals surface area contributed by atoms with Crippen LogP contribution in [0.1, 0.15) is 0 Å². The van der Waals surface area contributed by atoms with E-state index < -0.39 is 6.35 Å². The minimum Gasteiger partial charge on any atom is -0.452 e. The Labute approximate surface area is 63.5 Å². The molecule has 1 aliphatic rings. The molecule has 1 atom stereocenters. The van der Waals surface area contributed by atoms with Gasteiger partial charge in [-0.2, -0.15) is 0 Å². The fourth-order valence-corrected chi connectivity index (χ4v) is 1.04. The summed E-state index contributed by atoms with van der Waals surface area (Å²) in [4.78, 5) is 1.67. The number of nitrogens with two attached hydrogens (primary N) is 2. The van der Waals surface area contributed by atoms with Gasteiger partial charge in [-0.15, -0.1) is 0 Å². The number of hydrogen-bond acceptors (Lipinski definition) is 5. The van der Waals surface area contributed by atoms with Crippen LogP contribution in [0.5, 0.6) is 5.75 Å². The molecule has 0 aromatic carbocycles. The highest BCUT2D eigenvalue weighted by molar-refractivity contribution is 5.58. The van der Waals surface area contributed by atoms with Gasteiger partial charge in [-0.25, -0.2) is 0 Å². The van der Waals surface area contributed by atoms with Crippen molar-refractivity contribution < 1.29 is 9.15 Å². The zero-order valence-corrected chi connectivity index (χ0v) is 6.07. The summed E-state index contributed by atoms with van der Waals surface area (Å²) >= 11 is 0. The van der Waals surface area contributed by atoms with Crippen LogP contribution in [-0.2, 0) is 0 Å². The molecule has 0 aliphatic carbocycles. The van der Waals surface area contributed by atoms with Crippen molar-refractivity contribution in [1.29, 1.82) is 0 Å². The molecule has 0 saturated heterocycles. The van der Waals surface area contributed by atoms with Crippen molar-refractivity contribution in [3.63, 3.8) is 0 Å². The maximum Gasteiger partial charge on any atom is 0.244 e. The van der Waals surface area contributed by atoms with Gasteiger partial charge in [-0.1, -0.05) is 0 Å². The number of furan rings is 1. The fraction of sp³-hybridized carbons (Fsp3) is 0.333. The van der Waals surface area contributed by atoms with Crippen molar-refractivity contribution in [2.24, 2.45) is 5.73 Å². The summed E-state index contributed by atoms with van der Waals surface area (Å²) in [7, 11) is 1.78. The van der Waals surface area contributed by atoms with Gasteiger partial charge < -0.3 is 14.9 Å². The first-order chi connectivity index (χ1) is 5.18. The number of fused-ring (bicyclic) bond motifs is 1. The van der Waals surface area contributed by atoms with Gasteiger partial charge in [0.1, 0.15) is 0 Å². The Morgan fingerprint density at radius 1 is 1.64 bits per heavy atom. The molecule has 0 fully saturated rings. The Morgan fingerprint density at radius 2 is 2.36 bits per heavy atom. The number of nitrogen functional groups attached to an aromatic ring is 1. The van der Waals surface area contributed by atoms with E-state index in [4.69, 9.17) is 20.6 Å². The minimum atomic E-state index is -0.454. The number of nitrogens with zero attached hydrogens (tertiary/aromatic N) is 1. The van der Waals surface area contributed by atoms with E-state index in [-0.39, 0.29) is 0 Å². The second-order valence-corrected chi connectivity index (χ2v) is 2.44. The normalized spacial score (nSPS) is 21.6. The van der Waals surface area contributed by atoms with Gasteiger partial charge in [0.05, 0.1) is 0 Å². The Morgan fingerprint density at radius 3 is 3.00 bits per heavy atom. The van der Waals surface area contributed by atoms with Crippen LogP contribution < -0.4 is 21.1 Å². The molecule has 4 N–H and O–H groups in total. The number of ether oxygens (including phenoxy) is 1. The zero-order chi connectivity index (χ0) is 8.01. The highest BCUT2D eigenvalue weighted by Gasteiger charge is 2.28. The van der Waals surface area contributed by atoms with E-state index in [2.05, 4.69) is 0 Å². The SMILES string of the molecule is CN1c2oc(N)cc2OC1N. The second-order valence-electron chi connectivity index (χ2n) is 2.44. The lowest BCUT2D eigenvalue weighted by Crippen LogP contribution is -2.39. The minimum absolute atomic E-state index is 0.341. The molecule has 0 saturated carbocycles. The average molecular weight is 155 g/mol. The summed E-state index contributed by atoms with van der Waals surface area (Å²) in [6.07, 6.45) is -0.454. The Bertz CT molecular complexity index is 283. The van der Waals surface area contributed by atoms with Crippen molar-refractivity contribution in [3.8, 4) is 5.75 Å². The molecule has 0 bridgehead atoms. The highest BCUT2D eigenvalue weighted by Crippen LogP contribution is 2.38. The van der Waals surface area contributed by atoms with Crippen LogP contribution in [0.3, 0.4) is 0 Å². The number of anilines is 2. The summed E-state index contributed by atoms with van der Waals surface area (Å²) in [5.41, 5.74) is 10.9. The molecule has 5 heteroatoms. The summed E-state index contributed by atoms with van der Waals surface area (Å²) in [5, 5.41) is 0. The fourth-order valence-electron chi connectivity index (χ4n) is 1.04. The van der Waals surface area contributed by atoms with Gasteiger partial charge in [-0.3, -0.25) is 10.6 Å². The van der Waals surface area contributed by atoms with Crippen LogP contribution in [0.4, 0.5) is 11.8 Å². The van der Waals surface area contributed by atoms with Crippen molar-refractivity contribution in [2.45, 2.75) is 6.35 Å². The van der Waals surface area contributed by atoms with Crippen molar-refractivity contribution in [3.05, 3.63) is 6.07 Å². The molecule has 2 heterocycles. The molecule has 2 rings (SSSR count). The first-order valence-electron chi connectivity index (χ1n) is 3.23. The van der Waals surface area contributed by atoms with Gasteiger partial charge in [0, 0.05) is 13.1 Å². The molecule has 1 aromatic heterocycles. The lowest BCUT2D eigenvalue weighted by molar-refractivity contribution is 0.237. The van der Waals surface area contributed by atoms with E-state index >= 15 is 0 Å². The summed E-state index contributed by atoms with van der Waals surface area (Å²) in [6, 6.07) is 1.61. The van der Waals surface area contributed by atoms with E-state index in [1.165, 1.54) is 0 Å². The van der Waals surface area contributed by atoms with Crippen LogP contribution in [-0.4, -0.2) is 13.4 Å². The molecule has 1 aromatic rings. The van der Waals surface area contributed by atoms with Gasteiger partial charge in [-0.05, 0) is 0 Å². The molecular formula is C6H9N3O2. The summed E-state index contributed by atoms with van der Waals surface area (Å²) in [6.45, 7) is 0. The van der Waals surface area contributed by atoms with Crippen LogP contribution in [0, 0.1) is 0 Å². The predicted octanol–water partition coefficient (Wildman–Crippen LogP) is -0.0673. The highest BCUT2D eigenvalue weighted by atomic mass is 16.5. The van der Waals surface area contributed by atoms with E-state index in [9.17, 15) is 0 Å². The lowest BCUT2D eigenvalue weighted by Gasteiger charge is -2.13. The van der Waals surface area contributed by atoms with Gasteiger partial charge in [0.25, 0.3) is 0 Å². The smallest absolute Gasteiger partial charge is 0.244 e. The maximum atomic E-state index is 5.53. The topological polar surface area (TPSA) is 77.7 Å². The molecule has 1 unspecified atom stereocenters. The summed E-state index contributed by atoms with van der Waals surface area (Å²) < 4.78 is 10.3. The number of hydrogen-bond donors (Lipinski definition) is 2. The molecule has 60 valence electrons. The van der Waals surface area contributed by atoms with Crippen molar-refractivity contribution >= 4 is 11.8 Å². The second kappa shape index (κ2) is 1.82. The molecule has 11 heavy (non-hydrogen) atoms. The quantitative estimate of drug-likeness (QED) is 0.548. The van der Waals surface area contributed by atoms with Crippen LogP contribution in [0.2, 0.25) is 0 Å². The van der Waals surface area contributed by atoms with E-state index in [1.54, 1.807) is 18.0 Å². The summed E-state index contributed by atoms with van der Waals surface area (Å²) in [5.74, 6) is 1.54. The van der Waals surface area contributed by atoms with Crippen molar-refractivity contribution in [1.82, 2.24) is 0 Å². The van der Waals surface area contributed by atoms with E-state index in [0.717, 1.165) is 0 Å². The van der Waals surface area contributed by atoms with Gasteiger partial charge in [0.2, 0.25) is 12.2 Å². The average Bonchev–Trinajstić information content (AvgIpc) is 2.37. The lowest BCUT2D eigenvalue weighted by atomic mass is 10.5. The third kappa shape index (κ3) is 0.743. The Kier molecular flexibility index (Phi) is 1.05. The van der Waals surface area contributed by atoms with Crippen LogP contribution >= 0.6 is 0 Å². The van der Waals surface area contributed by atoms with E-state index in [0.29, 0.717) is 17.5 Å². The molecule has 0 radical (unpaired) electrons. The molecule has 1 aliphatic heterocycles. The first-order valence-corrected chi connectivity index (χ1v) is 3.23. The standard InChI is InChI=1S/C6H9N3O2/c1-9-5-3(10-6(9)8)2-4(7)11-5/h2,6H,7-8H2,1H3. The maximum absolute atomic E-state index is 5.53. The molecule has 0 spiro atoms. The van der Waals surface area contributed by atoms with Crippen molar-refractivity contribution in [2.75, 3.05) is 17.7 Å². The van der Waals surface area contributed by atoms with Crippen LogP contribution in [0.15, 0.2) is 10.5 Å². The third-order valence-corrected chi connectivity index (χ3v) is 1.65. The molecule has 5 nitrogen and oxygen atoms in total.